The summed E-state index contributed by atoms with van der Waals surface area (Å²) in [6.45, 7) is 2.69. The Morgan fingerprint density at radius 3 is 2.79 bits per heavy atom. The average molecular weight is 320 g/mol. The maximum Gasteiger partial charge on any atom is 0.241 e. The van der Waals surface area contributed by atoms with Gasteiger partial charge in [-0.3, -0.25) is 4.79 Å². The number of para-hydroxylation sites is 2. The highest BCUT2D eigenvalue weighted by molar-refractivity contribution is 5.82. The van der Waals surface area contributed by atoms with Crippen LogP contribution in [0, 0.1) is 0 Å². The van der Waals surface area contributed by atoms with Crippen molar-refractivity contribution in [3.8, 4) is 0 Å². The molecule has 0 saturated heterocycles. The van der Waals surface area contributed by atoms with E-state index in [0.29, 0.717) is 13.0 Å². The molecule has 0 saturated carbocycles. The number of hydrogen-bond donors (Lipinski definition) is 1. The molecule has 122 valence electrons. The van der Waals surface area contributed by atoms with Gasteiger partial charge in [-0.05, 0) is 29.7 Å². The van der Waals surface area contributed by atoms with Crippen LogP contribution in [0.15, 0.2) is 60.0 Å². The van der Waals surface area contributed by atoms with E-state index in [1.165, 1.54) is 5.56 Å². The Hall–Kier alpha value is -2.95. The standard InChI is InChI=1S/C19H20N4O/c1-2-15-7-9-16(10-8-15)13-21-22-19(24)11-12-23-14-20-17-5-3-4-6-18(17)23/h3-10,13-14H,2,11-12H2,1H3,(H,22,24). The first-order valence-electron chi connectivity index (χ1n) is 8.07. The highest BCUT2D eigenvalue weighted by atomic mass is 16.2. The molecule has 5 nitrogen and oxygen atoms in total. The van der Waals surface area contributed by atoms with Crippen LogP contribution in [0.3, 0.4) is 0 Å². The third-order valence-electron chi connectivity index (χ3n) is 3.90. The number of carbonyl (C=O) groups excluding carboxylic acids is 1. The van der Waals surface area contributed by atoms with Gasteiger partial charge in [-0.2, -0.15) is 5.10 Å². The molecule has 5 heteroatoms. The molecular weight excluding hydrogens is 300 g/mol. The normalized spacial score (nSPS) is 11.2. The maximum atomic E-state index is 11.9. The number of nitrogens with zero attached hydrogens (tertiary/aromatic N) is 3. The van der Waals surface area contributed by atoms with E-state index in [0.717, 1.165) is 23.0 Å². The number of hydrazone groups is 1. The molecule has 1 aromatic heterocycles. The van der Waals surface area contributed by atoms with E-state index in [4.69, 9.17) is 0 Å². The molecule has 1 amide bonds. The van der Waals surface area contributed by atoms with Gasteiger partial charge in [0.05, 0.1) is 23.6 Å². The number of amides is 1. The second-order valence-electron chi connectivity index (χ2n) is 5.56. The second-order valence-corrected chi connectivity index (χ2v) is 5.56. The van der Waals surface area contributed by atoms with Gasteiger partial charge in [-0.1, -0.05) is 43.3 Å². The van der Waals surface area contributed by atoms with Crippen molar-refractivity contribution < 1.29 is 4.79 Å². The SMILES string of the molecule is CCc1ccc(C=NNC(=O)CCn2cnc3ccccc32)cc1. The van der Waals surface area contributed by atoms with Crippen LogP contribution >= 0.6 is 0 Å². The number of aromatic nitrogens is 2. The lowest BCUT2D eigenvalue weighted by molar-refractivity contribution is -0.121. The predicted octanol–water partition coefficient (Wildman–Crippen LogP) is 3.14. The van der Waals surface area contributed by atoms with Crippen molar-refractivity contribution in [3.05, 3.63) is 66.0 Å². The van der Waals surface area contributed by atoms with E-state index in [1.807, 2.05) is 41.0 Å². The van der Waals surface area contributed by atoms with Gasteiger partial charge in [0.2, 0.25) is 5.91 Å². The zero-order valence-corrected chi connectivity index (χ0v) is 13.6. The lowest BCUT2D eigenvalue weighted by atomic mass is 10.1. The number of benzene rings is 2. The Bertz CT molecular complexity index is 849. The smallest absolute Gasteiger partial charge is 0.241 e. The van der Waals surface area contributed by atoms with Crippen LogP contribution in [0.2, 0.25) is 0 Å². The van der Waals surface area contributed by atoms with Gasteiger partial charge in [0, 0.05) is 13.0 Å². The molecule has 0 spiro atoms. The van der Waals surface area contributed by atoms with E-state index >= 15 is 0 Å². The van der Waals surface area contributed by atoms with Crippen molar-refractivity contribution in [2.24, 2.45) is 5.10 Å². The van der Waals surface area contributed by atoms with Crippen LogP contribution in [-0.4, -0.2) is 21.7 Å². The first-order chi connectivity index (χ1) is 11.8. The first-order valence-corrected chi connectivity index (χ1v) is 8.07. The highest BCUT2D eigenvalue weighted by Crippen LogP contribution is 2.12. The summed E-state index contributed by atoms with van der Waals surface area (Å²) in [5.74, 6) is -0.116. The average Bonchev–Trinajstić information content (AvgIpc) is 3.04. The van der Waals surface area contributed by atoms with Gasteiger partial charge in [-0.25, -0.2) is 10.4 Å². The first kappa shape index (κ1) is 15.9. The van der Waals surface area contributed by atoms with Crippen LogP contribution in [0.25, 0.3) is 11.0 Å². The molecule has 0 fully saturated rings. The van der Waals surface area contributed by atoms with Crippen molar-refractivity contribution in [3.63, 3.8) is 0 Å². The Morgan fingerprint density at radius 2 is 2.00 bits per heavy atom. The Labute approximate surface area is 141 Å². The molecule has 0 bridgehead atoms. The highest BCUT2D eigenvalue weighted by Gasteiger charge is 2.04. The van der Waals surface area contributed by atoms with Crippen LogP contribution < -0.4 is 5.43 Å². The number of rotatable bonds is 6. The van der Waals surface area contributed by atoms with Crippen molar-refractivity contribution in [2.45, 2.75) is 26.3 Å². The minimum atomic E-state index is -0.116. The number of hydrogen-bond acceptors (Lipinski definition) is 3. The topological polar surface area (TPSA) is 59.3 Å². The lowest BCUT2D eigenvalue weighted by Crippen LogP contribution is -2.19. The molecule has 0 atom stereocenters. The van der Waals surface area contributed by atoms with Crippen LogP contribution in [0.4, 0.5) is 0 Å². The van der Waals surface area contributed by atoms with Crippen molar-refractivity contribution in [2.75, 3.05) is 0 Å². The van der Waals surface area contributed by atoms with Gasteiger partial charge in [0.25, 0.3) is 0 Å². The summed E-state index contributed by atoms with van der Waals surface area (Å²) < 4.78 is 1.97. The Kier molecular flexibility index (Phi) is 5.01. The molecule has 0 aliphatic rings. The van der Waals surface area contributed by atoms with E-state index in [-0.39, 0.29) is 5.91 Å². The van der Waals surface area contributed by atoms with Gasteiger partial charge in [-0.15, -0.1) is 0 Å². The van der Waals surface area contributed by atoms with Crippen LogP contribution in [-0.2, 0) is 17.8 Å². The zero-order valence-electron chi connectivity index (χ0n) is 13.6. The summed E-state index contributed by atoms with van der Waals surface area (Å²) in [5.41, 5.74) is 6.78. The fourth-order valence-corrected chi connectivity index (χ4v) is 2.48. The van der Waals surface area contributed by atoms with Crippen LogP contribution in [0.1, 0.15) is 24.5 Å². The summed E-state index contributed by atoms with van der Waals surface area (Å²) in [4.78, 5) is 16.2. The summed E-state index contributed by atoms with van der Waals surface area (Å²) in [7, 11) is 0. The van der Waals surface area contributed by atoms with E-state index in [2.05, 4.69) is 34.6 Å². The molecule has 2 aromatic carbocycles. The fourth-order valence-electron chi connectivity index (χ4n) is 2.48. The molecule has 0 aliphatic heterocycles. The van der Waals surface area contributed by atoms with Gasteiger partial charge >= 0.3 is 0 Å². The summed E-state index contributed by atoms with van der Waals surface area (Å²) in [6.07, 6.45) is 4.78. The van der Waals surface area contributed by atoms with E-state index in [9.17, 15) is 4.79 Å². The molecule has 1 heterocycles. The third-order valence-corrected chi connectivity index (χ3v) is 3.90. The van der Waals surface area contributed by atoms with Gasteiger partial charge in [0.1, 0.15) is 0 Å². The maximum absolute atomic E-state index is 11.9. The number of aryl methyl sites for hydroxylation is 2. The van der Waals surface area contributed by atoms with Crippen molar-refractivity contribution in [1.82, 2.24) is 15.0 Å². The van der Waals surface area contributed by atoms with Crippen LogP contribution in [0.5, 0.6) is 0 Å². The minimum Gasteiger partial charge on any atom is -0.330 e. The third kappa shape index (κ3) is 3.87. The molecular formula is C19H20N4O. The minimum absolute atomic E-state index is 0.116. The molecule has 0 unspecified atom stereocenters. The molecule has 3 aromatic rings. The largest absolute Gasteiger partial charge is 0.330 e. The van der Waals surface area contributed by atoms with E-state index < -0.39 is 0 Å². The van der Waals surface area contributed by atoms with E-state index in [1.54, 1.807) is 12.5 Å². The zero-order chi connectivity index (χ0) is 16.8. The number of carbonyl (C=O) groups is 1. The second kappa shape index (κ2) is 7.55. The molecule has 0 aliphatic carbocycles. The fraction of sp³-hybridized carbons (Fsp3) is 0.211. The van der Waals surface area contributed by atoms with Crippen molar-refractivity contribution in [1.29, 1.82) is 0 Å². The van der Waals surface area contributed by atoms with Gasteiger partial charge < -0.3 is 4.57 Å². The molecule has 3 rings (SSSR count). The molecule has 0 radical (unpaired) electrons. The Morgan fingerprint density at radius 1 is 1.21 bits per heavy atom. The summed E-state index contributed by atoms with van der Waals surface area (Å²) >= 11 is 0. The summed E-state index contributed by atoms with van der Waals surface area (Å²) in [5, 5.41) is 4.01. The Balaban J connectivity index is 1.51. The number of fused-ring (bicyclic) bond motifs is 1. The monoisotopic (exact) mass is 320 g/mol. The van der Waals surface area contributed by atoms with Gasteiger partial charge in [0.15, 0.2) is 0 Å². The quantitative estimate of drug-likeness (QED) is 0.560. The predicted molar refractivity (Wildman–Crippen MR) is 95.9 cm³/mol. The summed E-state index contributed by atoms with van der Waals surface area (Å²) in [6, 6.07) is 16.0. The van der Waals surface area contributed by atoms with Crippen molar-refractivity contribution >= 4 is 23.2 Å². The molecule has 24 heavy (non-hydrogen) atoms. The number of imidazole rings is 1. The lowest BCUT2D eigenvalue weighted by Gasteiger charge is -2.03. The molecule has 1 N–H and O–H groups in total. The number of nitrogens with one attached hydrogen (secondary N) is 1.